The zero-order valence-corrected chi connectivity index (χ0v) is 20.3. The van der Waals surface area contributed by atoms with Gasteiger partial charge in [0.1, 0.15) is 24.0 Å². The quantitative estimate of drug-likeness (QED) is 0.404. The number of hydrogen-bond acceptors (Lipinski definition) is 7. The molecule has 0 aliphatic heterocycles. The molecule has 34 heavy (non-hydrogen) atoms. The van der Waals surface area contributed by atoms with E-state index in [1.54, 1.807) is 39.0 Å². The van der Waals surface area contributed by atoms with E-state index in [0.717, 1.165) is 5.56 Å². The largest absolute Gasteiger partial charge is 0.516 e. The summed E-state index contributed by atoms with van der Waals surface area (Å²) in [4.78, 5) is 37.1. The number of para-hydroxylation sites is 1. The molecule has 0 saturated carbocycles. The molecule has 0 aromatic heterocycles. The Morgan fingerprint density at radius 1 is 0.941 bits per heavy atom. The molecule has 1 amide bonds. The second kappa shape index (κ2) is 12.6. The van der Waals surface area contributed by atoms with Crippen LogP contribution in [0.15, 0.2) is 54.6 Å². The summed E-state index contributed by atoms with van der Waals surface area (Å²) in [6.45, 7) is 9.25. The van der Waals surface area contributed by atoms with E-state index in [2.05, 4.69) is 5.32 Å². The van der Waals surface area contributed by atoms with Gasteiger partial charge in [0.2, 0.25) is 0 Å². The van der Waals surface area contributed by atoms with E-state index in [0.29, 0.717) is 17.9 Å². The Bertz CT molecular complexity index is 951. The smallest absolute Gasteiger partial charge is 0.489 e. The van der Waals surface area contributed by atoms with E-state index in [4.69, 9.17) is 18.9 Å². The Morgan fingerprint density at radius 2 is 1.59 bits per heavy atom. The van der Waals surface area contributed by atoms with Crippen molar-refractivity contribution in [3.63, 3.8) is 0 Å². The summed E-state index contributed by atoms with van der Waals surface area (Å²) in [5.41, 5.74) is 0.853. The number of nitrogens with one attached hydrogen (secondary N) is 1. The van der Waals surface area contributed by atoms with Crippen LogP contribution in [0.5, 0.6) is 5.75 Å². The van der Waals surface area contributed by atoms with Gasteiger partial charge in [-0.25, -0.2) is 14.4 Å². The van der Waals surface area contributed by atoms with Crippen molar-refractivity contribution in [2.24, 2.45) is 5.92 Å². The van der Waals surface area contributed by atoms with Crippen molar-refractivity contribution in [3.05, 3.63) is 65.7 Å². The molecule has 0 unspecified atom stereocenters. The summed E-state index contributed by atoms with van der Waals surface area (Å²) >= 11 is 0. The minimum Gasteiger partial charge on any atom is -0.489 e. The Hall–Kier alpha value is -3.55. The highest BCUT2D eigenvalue weighted by Gasteiger charge is 2.29. The third-order valence-electron chi connectivity index (χ3n) is 4.33. The number of esters is 1. The van der Waals surface area contributed by atoms with Crippen LogP contribution in [0.3, 0.4) is 0 Å². The lowest BCUT2D eigenvalue weighted by Gasteiger charge is -2.23. The van der Waals surface area contributed by atoms with Gasteiger partial charge in [0.25, 0.3) is 0 Å². The molecule has 0 heterocycles. The van der Waals surface area contributed by atoms with Crippen molar-refractivity contribution < 1.29 is 33.3 Å². The second-order valence-electron chi connectivity index (χ2n) is 9.16. The van der Waals surface area contributed by atoms with Crippen LogP contribution in [0, 0.1) is 5.92 Å². The molecule has 184 valence electrons. The van der Waals surface area contributed by atoms with Gasteiger partial charge in [-0.15, -0.1) is 0 Å². The third-order valence-corrected chi connectivity index (χ3v) is 4.33. The van der Waals surface area contributed by atoms with Crippen LogP contribution in [0.25, 0.3) is 0 Å². The molecule has 0 saturated heterocycles. The van der Waals surface area contributed by atoms with E-state index in [1.807, 2.05) is 50.2 Å². The molecule has 0 aliphatic carbocycles. The van der Waals surface area contributed by atoms with Gasteiger partial charge in [0.05, 0.1) is 6.61 Å². The molecule has 2 rings (SSSR count). The molecular formula is C26H33NO7. The normalized spacial score (nSPS) is 11.9. The molecule has 0 bridgehead atoms. The lowest BCUT2D eigenvalue weighted by Crippen LogP contribution is -2.46. The molecule has 2 aromatic rings. The van der Waals surface area contributed by atoms with Gasteiger partial charge in [-0.1, -0.05) is 62.4 Å². The molecule has 1 atom stereocenters. The van der Waals surface area contributed by atoms with Crippen LogP contribution in [-0.2, 0) is 32.0 Å². The van der Waals surface area contributed by atoms with Gasteiger partial charge < -0.3 is 24.3 Å². The van der Waals surface area contributed by atoms with Crippen molar-refractivity contribution in [3.8, 4) is 5.75 Å². The standard InChI is InChI=1S/C26H33NO7/c1-18(2)16-32-25(30)33-23(28)21(27-24(29)34-26(3,4)5)15-20-13-9-10-14-22(20)31-17-19-11-7-6-8-12-19/h6-14,18,21H,15-17H2,1-5H3,(H,27,29)/t21-/m0/s1. The number of ether oxygens (including phenoxy) is 4. The molecular weight excluding hydrogens is 438 g/mol. The molecule has 2 aromatic carbocycles. The fourth-order valence-electron chi connectivity index (χ4n) is 2.83. The van der Waals surface area contributed by atoms with Gasteiger partial charge in [0.15, 0.2) is 0 Å². The number of carbonyl (C=O) groups is 3. The number of hydrogen-bond donors (Lipinski definition) is 1. The summed E-state index contributed by atoms with van der Waals surface area (Å²) in [6.07, 6.45) is -1.92. The number of rotatable bonds is 9. The van der Waals surface area contributed by atoms with Crippen LogP contribution < -0.4 is 10.1 Å². The fourth-order valence-corrected chi connectivity index (χ4v) is 2.83. The van der Waals surface area contributed by atoms with Crippen LogP contribution in [-0.4, -0.2) is 36.5 Å². The second-order valence-corrected chi connectivity index (χ2v) is 9.16. The number of benzene rings is 2. The van der Waals surface area contributed by atoms with Gasteiger partial charge in [0, 0.05) is 6.42 Å². The number of amides is 1. The highest BCUT2D eigenvalue weighted by molar-refractivity contribution is 5.88. The Balaban J connectivity index is 2.16. The van der Waals surface area contributed by atoms with Gasteiger partial charge >= 0.3 is 18.2 Å². The number of carbonyl (C=O) groups excluding carboxylic acids is 3. The predicted molar refractivity (Wildman–Crippen MR) is 126 cm³/mol. The first kappa shape index (κ1) is 26.7. The van der Waals surface area contributed by atoms with E-state index < -0.39 is 29.9 Å². The summed E-state index contributed by atoms with van der Waals surface area (Å²) in [7, 11) is 0. The predicted octanol–water partition coefficient (Wildman–Crippen LogP) is 5.04. The Labute approximate surface area is 200 Å². The maximum atomic E-state index is 12.8. The van der Waals surface area contributed by atoms with Crippen molar-refractivity contribution in [2.75, 3.05) is 6.61 Å². The van der Waals surface area contributed by atoms with Crippen LogP contribution in [0.1, 0.15) is 45.7 Å². The average Bonchev–Trinajstić information content (AvgIpc) is 2.76. The van der Waals surface area contributed by atoms with Crippen molar-refractivity contribution in [1.29, 1.82) is 0 Å². The molecule has 1 N–H and O–H groups in total. The van der Waals surface area contributed by atoms with Crippen molar-refractivity contribution in [1.82, 2.24) is 5.32 Å². The van der Waals surface area contributed by atoms with Crippen molar-refractivity contribution in [2.45, 2.75) is 59.3 Å². The Kier molecular flexibility index (Phi) is 9.92. The summed E-state index contributed by atoms with van der Waals surface area (Å²) in [5.74, 6) is -0.345. The van der Waals surface area contributed by atoms with Crippen molar-refractivity contribution >= 4 is 18.2 Å². The van der Waals surface area contributed by atoms with Gasteiger partial charge in [-0.2, -0.15) is 0 Å². The van der Waals surface area contributed by atoms with E-state index >= 15 is 0 Å². The van der Waals surface area contributed by atoms with E-state index in [-0.39, 0.29) is 18.9 Å². The SMILES string of the molecule is CC(C)COC(=O)OC(=O)[C@H](Cc1ccccc1OCc1ccccc1)NC(=O)OC(C)(C)C. The maximum Gasteiger partial charge on any atom is 0.516 e. The minimum absolute atomic E-state index is 0.0144. The lowest BCUT2D eigenvalue weighted by molar-refractivity contribution is -0.142. The third kappa shape index (κ3) is 9.94. The van der Waals surface area contributed by atoms with E-state index in [9.17, 15) is 14.4 Å². The van der Waals surface area contributed by atoms with Gasteiger partial charge in [-0.3, -0.25) is 0 Å². The molecule has 0 radical (unpaired) electrons. The van der Waals surface area contributed by atoms with Crippen LogP contribution >= 0.6 is 0 Å². The minimum atomic E-state index is -1.21. The Morgan fingerprint density at radius 3 is 2.24 bits per heavy atom. The summed E-state index contributed by atoms with van der Waals surface area (Å²) < 4.78 is 21.0. The first-order valence-electron chi connectivity index (χ1n) is 11.2. The highest BCUT2D eigenvalue weighted by atomic mass is 16.7. The van der Waals surface area contributed by atoms with Crippen LogP contribution in [0.2, 0.25) is 0 Å². The zero-order valence-electron chi connectivity index (χ0n) is 20.3. The first-order chi connectivity index (χ1) is 16.0. The monoisotopic (exact) mass is 471 g/mol. The first-order valence-corrected chi connectivity index (χ1v) is 11.2. The van der Waals surface area contributed by atoms with E-state index in [1.165, 1.54) is 0 Å². The summed E-state index contributed by atoms with van der Waals surface area (Å²) in [5, 5.41) is 2.49. The average molecular weight is 472 g/mol. The summed E-state index contributed by atoms with van der Waals surface area (Å²) in [6, 6.07) is 15.6. The molecule has 8 heteroatoms. The molecule has 8 nitrogen and oxygen atoms in total. The van der Waals surface area contributed by atoms with Crippen LogP contribution in [0.4, 0.5) is 9.59 Å². The van der Waals surface area contributed by atoms with Gasteiger partial charge in [-0.05, 0) is 43.9 Å². The number of alkyl carbamates (subject to hydrolysis) is 1. The maximum absolute atomic E-state index is 12.8. The zero-order chi connectivity index (χ0) is 25.1. The molecule has 0 spiro atoms. The topological polar surface area (TPSA) is 100 Å². The molecule has 0 fully saturated rings. The highest BCUT2D eigenvalue weighted by Crippen LogP contribution is 2.22. The lowest BCUT2D eigenvalue weighted by atomic mass is 10.0. The molecule has 0 aliphatic rings. The fraction of sp³-hybridized carbons (Fsp3) is 0.423.